The van der Waals surface area contributed by atoms with E-state index in [-0.39, 0.29) is 11.9 Å². The number of benzene rings is 2. The molecule has 2 N–H and O–H groups in total. The number of carbonyl (C=O) groups is 1. The van der Waals surface area contributed by atoms with E-state index in [1.807, 2.05) is 29.2 Å². The van der Waals surface area contributed by atoms with E-state index < -0.39 is 0 Å². The third-order valence-electron chi connectivity index (χ3n) is 7.50. The molecule has 6 heteroatoms. The fourth-order valence-electron chi connectivity index (χ4n) is 5.27. The van der Waals surface area contributed by atoms with E-state index in [0.717, 1.165) is 54.4 Å². The van der Waals surface area contributed by atoms with Gasteiger partial charge in [0, 0.05) is 44.0 Å². The predicted molar refractivity (Wildman–Crippen MR) is 145 cm³/mol. The Kier molecular flexibility index (Phi) is 5.97. The molecule has 0 unspecified atom stereocenters. The Labute approximate surface area is 212 Å². The summed E-state index contributed by atoms with van der Waals surface area (Å²) in [5.41, 5.74) is 12.2. The van der Waals surface area contributed by atoms with Crippen molar-refractivity contribution in [3.8, 4) is 11.5 Å². The van der Waals surface area contributed by atoms with Gasteiger partial charge in [0.2, 0.25) is 0 Å². The van der Waals surface area contributed by atoms with E-state index in [1.54, 1.807) is 0 Å². The van der Waals surface area contributed by atoms with Crippen molar-refractivity contribution in [3.05, 3.63) is 77.5 Å². The Balaban J connectivity index is 1.34. The predicted octanol–water partition coefficient (Wildman–Crippen LogP) is 5.19. The summed E-state index contributed by atoms with van der Waals surface area (Å²) in [6, 6.07) is 20.7. The van der Waals surface area contributed by atoms with E-state index in [2.05, 4.69) is 64.7 Å². The summed E-state index contributed by atoms with van der Waals surface area (Å²) in [5, 5.41) is 0. The topological polar surface area (TPSA) is 69.1 Å². The van der Waals surface area contributed by atoms with Crippen LogP contribution < -0.4 is 5.73 Å². The number of fused-ring (bicyclic) bond motifs is 1. The number of hydrogen-bond donors (Lipinski definition) is 1. The standard InChI is InChI=1S/C30H33N5O/c1-33-27-15-12-23(30(36)34-17-5-8-24(31)20-34)18-26(27)32-29(33)28-16-14-25(35(28)19-22-9-10-22)13-11-21-6-3-2-4-7-21/h2-4,6-7,11-16,18,22,24H,5,8-10,17,19-20,31H2,1H3/b13-11+/t24-/m1/s1. The van der Waals surface area contributed by atoms with Gasteiger partial charge in [-0.25, -0.2) is 4.98 Å². The summed E-state index contributed by atoms with van der Waals surface area (Å²) < 4.78 is 4.54. The molecule has 1 aliphatic carbocycles. The van der Waals surface area contributed by atoms with Crippen LogP contribution in [0.5, 0.6) is 0 Å². The maximum Gasteiger partial charge on any atom is 0.253 e. The number of carbonyl (C=O) groups excluding carboxylic acids is 1. The minimum atomic E-state index is 0.0460. The van der Waals surface area contributed by atoms with Crippen molar-refractivity contribution in [1.29, 1.82) is 0 Å². The molecule has 0 spiro atoms. The largest absolute Gasteiger partial charge is 0.338 e. The Bertz CT molecular complexity index is 1430. The molecule has 1 amide bonds. The quantitative estimate of drug-likeness (QED) is 0.414. The lowest BCUT2D eigenvalue weighted by atomic mass is 10.1. The van der Waals surface area contributed by atoms with Crippen LogP contribution in [0.4, 0.5) is 0 Å². The molecule has 2 aromatic carbocycles. The van der Waals surface area contributed by atoms with Crippen molar-refractivity contribution in [3.63, 3.8) is 0 Å². The second-order valence-electron chi connectivity index (χ2n) is 10.3. The minimum absolute atomic E-state index is 0.0460. The minimum Gasteiger partial charge on any atom is -0.338 e. The van der Waals surface area contributed by atoms with Crippen molar-refractivity contribution < 1.29 is 4.79 Å². The summed E-state index contributed by atoms with van der Waals surface area (Å²) in [6.45, 7) is 2.39. The number of nitrogens with two attached hydrogens (primary N) is 1. The van der Waals surface area contributed by atoms with Gasteiger partial charge in [-0.05, 0) is 73.6 Å². The van der Waals surface area contributed by atoms with Gasteiger partial charge in [-0.15, -0.1) is 0 Å². The molecule has 184 valence electrons. The van der Waals surface area contributed by atoms with E-state index in [4.69, 9.17) is 10.7 Å². The van der Waals surface area contributed by atoms with Gasteiger partial charge in [-0.3, -0.25) is 4.79 Å². The highest BCUT2D eigenvalue weighted by Gasteiger charge is 2.26. The summed E-state index contributed by atoms with van der Waals surface area (Å²) in [7, 11) is 2.06. The molecular weight excluding hydrogens is 446 g/mol. The number of rotatable bonds is 6. The molecule has 2 aliphatic rings. The van der Waals surface area contributed by atoms with Crippen molar-refractivity contribution in [2.24, 2.45) is 18.7 Å². The highest BCUT2D eigenvalue weighted by molar-refractivity contribution is 5.98. The number of aromatic nitrogens is 3. The first-order valence-electron chi connectivity index (χ1n) is 13.0. The van der Waals surface area contributed by atoms with Crippen LogP contribution >= 0.6 is 0 Å². The molecule has 1 aliphatic heterocycles. The van der Waals surface area contributed by atoms with E-state index in [1.165, 1.54) is 24.1 Å². The lowest BCUT2D eigenvalue weighted by molar-refractivity contribution is 0.0709. The lowest BCUT2D eigenvalue weighted by Crippen LogP contribution is -2.45. The van der Waals surface area contributed by atoms with Crippen LogP contribution in [0, 0.1) is 5.92 Å². The van der Waals surface area contributed by atoms with Gasteiger partial charge in [-0.1, -0.05) is 36.4 Å². The van der Waals surface area contributed by atoms with Crippen LogP contribution in [0.3, 0.4) is 0 Å². The van der Waals surface area contributed by atoms with Crippen LogP contribution in [-0.2, 0) is 13.6 Å². The van der Waals surface area contributed by atoms with Gasteiger partial charge >= 0.3 is 0 Å². The van der Waals surface area contributed by atoms with Gasteiger partial charge in [0.05, 0.1) is 16.7 Å². The zero-order valence-electron chi connectivity index (χ0n) is 20.8. The summed E-state index contributed by atoms with van der Waals surface area (Å²) >= 11 is 0. The Morgan fingerprint density at radius 2 is 1.89 bits per heavy atom. The summed E-state index contributed by atoms with van der Waals surface area (Å²) in [6.07, 6.45) is 8.88. The number of aryl methyl sites for hydroxylation is 1. The van der Waals surface area contributed by atoms with Gasteiger partial charge in [0.1, 0.15) is 0 Å². The molecule has 0 bridgehead atoms. The number of imidazole rings is 1. The first-order chi connectivity index (χ1) is 17.6. The van der Waals surface area contributed by atoms with E-state index in [9.17, 15) is 4.79 Å². The Hall–Kier alpha value is -3.64. The number of hydrogen-bond acceptors (Lipinski definition) is 3. The monoisotopic (exact) mass is 479 g/mol. The first kappa shape index (κ1) is 22.8. The van der Waals surface area contributed by atoms with Crippen LogP contribution in [-0.4, -0.2) is 44.1 Å². The first-order valence-corrected chi connectivity index (χ1v) is 13.0. The summed E-state index contributed by atoms with van der Waals surface area (Å²) in [5.74, 6) is 1.70. The van der Waals surface area contributed by atoms with Crippen LogP contribution in [0.15, 0.2) is 60.7 Å². The highest BCUT2D eigenvalue weighted by Crippen LogP contribution is 2.35. The molecule has 2 fully saturated rings. The average Bonchev–Trinajstić information content (AvgIpc) is 3.55. The smallest absolute Gasteiger partial charge is 0.253 e. The number of piperidine rings is 1. The van der Waals surface area contributed by atoms with Crippen molar-refractivity contribution in [1.82, 2.24) is 19.0 Å². The number of amides is 1. The van der Waals surface area contributed by atoms with Gasteiger partial charge in [-0.2, -0.15) is 0 Å². The van der Waals surface area contributed by atoms with Crippen LogP contribution in [0.2, 0.25) is 0 Å². The number of likely N-dealkylation sites (tertiary alicyclic amines) is 1. The zero-order valence-corrected chi connectivity index (χ0v) is 20.8. The fourth-order valence-corrected chi connectivity index (χ4v) is 5.27. The molecule has 6 rings (SSSR count). The van der Waals surface area contributed by atoms with Gasteiger partial charge in [0.25, 0.3) is 5.91 Å². The van der Waals surface area contributed by atoms with Crippen LogP contribution in [0.1, 0.15) is 47.3 Å². The molecule has 3 heterocycles. The number of nitrogens with zero attached hydrogens (tertiary/aromatic N) is 4. The molecule has 6 nitrogen and oxygen atoms in total. The fraction of sp³-hybridized carbons (Fsp3) is 0.333. The molecule has 36 heavy (non-hydrogen) atoms. The van der Waals surface area contributed by atoms with Crippen LogP contribution in [0.25, 0.3) is 34.7 Å². The van der Waals surface area contributed by atoms with Gasteiger partial charge < -0.3 is 19.8 Å². The Morgan fingerprint density at radius 3 is 2.67 bits per heavy atom. The molecule has 4 aromatic rings. The van der Waals surface area contributed by atoms with Gasteiger partial charge in [0.15, 0.2) is 5.82 Å². The second kappa shape index (κ2) is 9.43. The average molecular weight is 480 g/mol. The summed E-state index contributed by atoms with van der Waals surface area (Å²) in [4.78, 5) is 20.1. The lowest BCUT2D eigenvalue weighted by Gasteiger charge is -2.30. The van der Waals surface area contributed by atoms with Crippen molar-refractivity contribution >= 4 is 29.1 Å². The molecule has 1 saturated carbocycles. The molecule has 1 atom stereocenters. The van der Waals surface area contributed by atoms with E-state index in [0.29, 0.717) is 12.1 Å². The Morgan fingerprint density at radius 1 is 1.06 bits per heavy atom. The normalized spacial score (nSPS) is 18.4. The zero-order chi connectivity index (χ0) is 24.6. The highest BCUT2D eigenvalue weighted by atomic mass is 16.2. The molecule has 0 radical (unpaired) electrons. The SMILES string of the molecule is Cn1c(-c2ccc(/C=C/c3ccccc3)n2CC2CC2)nc2cc(C(=O)N3CCC[C@@H](N)C3)ccc21. The second-order valence-corrected chi connectivity index (χ2v) is 10.3. The maximum atomic E-state index is 13.1. The molecule has 2 aromatic heterocycles. The third kappa shape index (κ3) is 4.49. The van der Waals surface area contributed by atoms with E-state index >= 15 is 0 Å². The van der Waals surface area contributed by atoms with Crippen molar-refractivity contribution in [2.75, 3.05) is 13.1 Å². The third-order valence-corrected chi connectivity index (χ3v) is 7.50. The van der Waals surface area contributed by atoms with Crippen molar-refractivity contribution in [2.45, 2.75) is 38.3 Å². The maximum absolute atomic E-state index is 13.1. The molecule has 1 saturated heterocycles. The molecular formula is C30H33N5O.